The van der Waals surface area contributed by atoms with Crippen molar-refractivity contribution in [1.29, 1.82) is 5.26 Å². The van der Waals surface area contributed by atoms with E-state index in [1.54, 1.807) is 0 Å². The molecule has 0 heterocycles. The van der Waals surface area contributed by atoms with E-state index in [1.807, 2.05) is 36.4 Å². The van der Waals surface area contributed by atoms with E-state index >= 15 is 0 Å². The number of aliphatic hydroxyl groups is 1. The molecule has 1 atom stereocenters. The molecule has 0 aromatic heterocycles. The number of nitrogens with zero attached hydrogens (tertiary/aromatic N) is 1. The van der Waals surface area contributed by atoms with Crippen molar-refractivity contribution in [3.05, 3.63) is 35.9 Å². The Bertz CT molecular complexity index is 279. The largest absolute Gasteiger partial charge is 0.394 e. The Morgan fingerprint density at radius 2 is 2.08 bits per heavy atom. The summed E-state index contributed by atoms with van der Waals surface area (Å²) >= 11 is 0. The highest BCUT2D eigenvalue weighted by Crippen LogP contribution is 2.15. The normalized spacial score (nSPS) is 12.0. The van der Waals surface area contributed by atoms with Crippen LogP contribution in [0.25, 0.3) is 0 Å². The molecule has 0 saturated heterocycles. The zero-order chi connectivity index (χ0) is 9.52. The molecule has 1 N–H and O–H groups in total. The van der Waals surface area contributed by atoms with Crippen molar-refractivity contribution in [2.75, 3.05) is 13.2 Å². The van der Waals surface area contributed by atoms with Gasteiger partial charge in [0.25, 0.3) is 0 Å². The van der Waals surface area contributed by atoms with Crippen molar-refractivity contribution in [2.45, 2.75) is 6.10 Å². The molecule has 13 heavy (non-hydrogen) atoms. The van der Waals surface area contributed by atoms with Gasteiger partial charge < -0.3 is 9.84 Å². The first-order valence-electron chi connectivity index (χ1n) is 4.05. The average Bonchev–Trinajstić information content (AvgIpc) is 2.21. The second kappa shape index (κ2) is 5.31. The molecule has 3 nitrogen and oxygen atoms in total. The Kier molecular flexibility index (Phi) is 3.97. The minimum absolute atomic E-state index is 0.0645. The standard InChI is InChI=1S/C10H11NO2/c11-8-10(13-7-6-12)9-4-2-1-3-5-9/h1-5,10,12H,6-7H2/t10-/m0/s1. The van der Waals surface area contributed by atoms with E-state index in [0.717, 1.165) is 5.56 Å². The van der Waals surface area contributed by atoms with Gasteiger partial charge in [-0.2, -0.15) is 5.26 Å². The number of hydrogen-bond donors (Lipinski definition) is 1. The van der Waals surface area contributed by atoms with Crippen LogP contribution in [0.3, 0.4) is 0 Å². The van der Waals surface area contributed by atoms with Crippen molar-refractivity contribution in [3.8, 4) is 6.07 Å². The lowest BCUT2D eigenvalue weighted by Crippen LogP contribution is -2.05. The number of rotatable bonds is 4. The molecule has 0 aliphatic rings. The summed E-state index contributed by atoms with van der Waals surface area (Å²) in [7, 11) is 0. The van der Waals surface area contributed by atoms with Crippen LogP contribution < -0.4 is 0 Å². The van der Waals surface area contributed by atoms with Crippen LogP contribution in [0.4, 0.5) is 0 Å². The molecule has 0 aliphatic carbocycles. The van der Waals surface area contributed by atoms with Crippen LogP contribution in [0.2, 0.25) is 0 Å². The van der Waals surface area contributed by atoms with E-state index in [1.165, 1.54) is 0 Å². The maximum absolute atomic E-state index is 8.75. The van der Waals surface area contributed by atoms with Gasteiger partial charge in [0.05, 0.1) is 19.3 Å². The van der Waals surface area contributed by atoms with E-state index in [-0.39, 0.29) is 13.2 Å². The Hall–Kier alpha value is -1.37. The van der Waals surface area contributed by atoms with Crippen molar-refractivity contribution in [3.63, 3.8) is 0 Å². The monoisotopic (exact) mass is 177 g/mol. The van der Waals surface area contributed by atoms with Gasteiger partial charge in [-0.1, -0.05) is 30.3 Å². The zero-order valence-corrected chi connectivity index (χ0v) is 7.18. The summed E-state index contributed by atoms with van der Waals surface area (Å²) in [6.45, 7) is 0.123. The van der Waals surface area contributed by atoms with E-state index in [2.05, 4.69) is 0 Å². The first-order valence-corrected chi connectivity index (χ1v) is 4.05. The van der Waals surface area contributed by atoms with Crippen molar-refractivity contribution in [1.82, 2.24) is 0 Å². The molecule has 0 saturated carbocycles. The molecule has 0 aliphatic heterocycles. The Labute approximate surface area is 77.2 Å². The van der Waals surface area contributed by atoms with Crippen LogP contribution in [0.1, 0.15) is 11.7 Å². The lowest BCUT2D eigenvalue weighted by atomic mass is 10.1. The molecule has 0 radical (unpaired) electrons. The molecular formula is C10H11NO2. The summed E-state index contributed by atoms with van der Waals surface area (Å²) in [6, 6.07) is 11.2. The van der Waals surface area contributed by atoms with E-state index in [4.69, 9.17) is 15.1 Å². The van der Waals surface area contributed by atoms with Crippen LogP contribution in [-0.2, 0) is 4.74 Å². The lowest BCUT2D eigenvalue weighted by Gasteiger charge is -2.08. The Balaban J connectivity index is 2.63. The minimum atomic E-state index is -0.576. The third-order valence-electron chi connectivity index (χ3n) is 1.60. The van der Waals surface area contributed by atoms with Gasteiger partial charge in [-0.3, -0.25) is 0 Å². The predicted molar refractivity (Wildman–Crippen MR) is 47.8 cm³/mol. The fourth-order valence-electron chi connectivity index (χ4n) is 1.01. The molecule has 0 fully saturated rings. The van der Waals surface area contributed by atoms with Gasteiger partial charge in [-0.05, 0) is 5.56 Å². The van der Waals surface area contributed by atoms with Crippen LogP contribution in [0.5, 0.6) is 0 Å². The lowest BCUT2D eigenvalue weighted by molar-refractivity contribution is 0.0581. The zero-order valence-electron chi connectivity index (χ0n) is 7.18. The van der Waals surface area contributed by atoms with Gasteiger partial charge in [0.2, 0.25) is 0 Å². The highest BCUT2D eigenvalue weighted by Gasteiger charge is 2.08. The van der Waals surface area contributed by atoms with Gasteiger partial charge in [-0.15, -0.1) is 0 Å². The molecule has 68 valence electrons. The minimum Gasteiger partial charge on any atom is -0.394 e. The number of hydrogen-bond acceptors (Lipinski definition) is 3. The van der Waals surface area contributed by atoms with Crippen LogP contribution in [-0.4, -0.2) is 18.3 Å². The van der Waals surface area contributed by atoms with Crippen LogP contribution in [0, 0.1) is 11.3 Å². The predicted octanol–water partition coefficient (Wildman–Crippen LogP) is 1.26. The highest BCUT2D eigenvalue weighted by molar-refractivity contribution is 5.21. The topological polar surface area (TPSA) is 53.2 Å². The Morgan fingerprint density at radius 3 is 2.62 bits per heavy atom. The molecule has 0 amide bonds. The van der Waals surface area contributed by atoms with Crippen molar-refractivity contribution in [2.24, 2.45) is 0 Å². The van der Waals surface area contributed by atoms with Crippen molar-refractivity contribution < 1.29 is 9.84 Å². The number of ether oxygens (including phenoxy) is 1. The molecule has 1 aromatic carbocycles. The molecular weight excluding hydrogens is 166 g/mol. The fraction of sp³-hybridized carbons (Fsp3) is 0.300. The maximum atomic E-state index is 8.75. The Morgan fingerprint density at radius 1 is 1.38 bits per heavy atom. The molecule has 0 spiro atoms. The number of benzene rings is 1. The summed E-state index contributed by atoms with van der Waals surface area (Å²) in [6.07, 6.45) is -0.576. The fourth-order valence-corrected chi connectivity index (χ4v) is 1.01. The molecule has 1 aromatic rings. The van der Waals surface area contributed by atoms with Gasteiger partial charge in [-0.25, -0.2) is 0 Å². The summed E-state index contributed by atoms with van der Waals surface area (Å²) in [5, 5.41) is 17.3. The van der Waals surface area contributed by atoms with E-state index < -0.39 is 6.10 Å². The smallest absolute Gasteiger partial charge is 0.169 e. The van der Waals surface area contributed by atoms with E-state index in [9.17, 15) is 0 Å². The summed E-state index contributed by atoms with van der Waals surface area (Å²) in [5.74, 6) is 0. The van der Waals surface area contributed by atoms with Gasteiger partial charge in [0, 0.05) is 0 Å². The summed E-state index contributed by atoms with van der Waals surface area (Å²) in [5.41, 5.74) is 0.818. The number of aliphatic hydroxyl groups excluding tert-OH is 1. The van der Waals surface area contributed by atoms with Crippen LogP contribution in [0.15, 0.2) is 30.3 Å². The molecule has 1 rings (SSSR count). The van der Waals surface area contributed by atoms with Crippen molar-refractivity contribution >= 4 is 0 Å². The SMILES string of the molecule is N#C[C@H](OCCO)c1ccccc1. The van der Waals surface area contributed by atoms with Crippen LogP contribution >= 0.6 is 0 Å². The van der Waals surface area contributed by atoms with Gasteiger partial charge in [0.15, 0.2) is 6.10 Å². The van der Waals surface area contributed by atoms with Gasteiger partial charge >= 0.3 is 0 Å². The quantitative estimate of drug-likeness (QED) is 0.753. The molecule has 0 bridgehead atoms. The third kappa shape index (κ3) is 2.86. The highest BCUT2D eigenvalue weighted by atomic mass is 16.5. The second-order valence-corrected chi connectivity index (χ2v) is 2.51. The van der Waals surface area contributed by atoms with Gasteiger partial charge in [0.1, 0.15) is 0 Å². The first-order chi connectivity index (χ1) is 6.38. The van der Waals surface area contributed by atoms with E-state index in [0.29, 0.717) is 0 Å². The molecule has 0 unspecified atom stereocenters. The maximum Gasteiger partial charge on any atom is 0.169 e. The summed E-state index contributed by atoms with van der Waals surface area (Å²) < 4.78 is 5.12. The first kappa shape index (κ1) is 9.72. The second-order valence-electron chi connectivity index (χ2n) is 2.51. The average molecular weight is 177 g/mol. The third-order valence-corrected chi connectivity index (χ3v) is 1.60. The summed E-state index contributed by atoms with van der Waals surface area (Å²) in [4.78, 5) is 0. The number of nitriles is 1. The molecule has 3 heteroatoms.